The summed E-state index contributed by atoms with van der Waals surface area (Å²) in [7, 11) is -3.94. The summed E-state index contributed by atoms with van der Waals surface area (Å²) in [5.74, 6) is 0.0928. The van der Waals surface area contributed by atoms with Gasteiger partial charge in [-0.25, -0.2) is 8.42 Å². The third kappa shape index (κ3) is 4.96. The van der Waals surface area contributed by atoms with Gasteiger partial charge in [0, 0.05) is 17.8 Å². The SMILES string of the molecule is O=C(CN(Cc1ccccc1)S(=O)(=O)c1ccc(Cl)cc1)NCc1nnc2ccccn12. The number of hydrogen-bond acceptors (Lipinski definition) is 5. The number of rotatable bonds is 8. The van der Waals surface area contributed by atoms with Crippen LogP contribution < -0.4 is 5.32 Å². The lowest BCUT2D eigenvalue weighted by molar-refractivity contribution is -0.121. The molecule has 0 radical (unpaired) electrons. The van der Waals surface area contributed by atoms with Gasteiger partial charge in [-0.3, -0.25) is 9.20 Å². The Bertz CT molecular complexity index is 1320. The zero-order chi connectivity index (χ0) is 22.6. The second-order valence-electron chi connectivity index (χ2n) is 7.03. The maximum atomic E-state index is 13.3. The minimum Gasteiger partial charge on any atom is -0.348 e. The minimum atomic E-state index is -3.94. The van der Waals surface area contributed by atoms with Crippen LogP contribution in [-0.4, -0.2) is 39.8 Å². The normalized spacial score (nSPS) is 11.7. The quantitative estimate of drug-likeness (QED) is 0.428. The van der Waals surface area contributed by atoms with Crippen LogP contribution in [0.1, 0.15) is 11.4 Å². The van der Waals surface area contributed by atoms with E-state index in [1.54, 1.807) is 16.7 Å². The molecule has 164 valence electrons. The largest absolute Gasteiger partial charge is 0.348 e. The Hall–Kier alpha value is -3.27. The molecule has 0 atom stereocenters. The minimum absolute atomic E-state index is 0.0487. The first-order chi connectivity index (χ1) is 15.4. The molecule has 2 aromatic carbocycles. The van der Waals surface area contributed by atoms with E-state index in [0.717, 1.165) is 9.87 Å². The number of pyridine rings is 1. The fourth-order valence-electron chi connectivity index (χ4n) is 3.17. The zero-order valence-corrected chi connectivity index (χ0v) is 18.5. The molecule has 10 heteroatoms. The number of hydrogen-bond donors (Lipinski definition) is 1. The van der Waals surface area contributed by atoms with Crippen LogP contribution in [0.25, 0.3) is 5.65 Å². The molecule has 0 aliphatic heterocycles. The summed E-state index contributed by atoms with van der Waals surface area (Å²) in [4.78, 5) is 12.8. The topological polar surface area (TPSA) is 96.7 Å². The van der Waals surface area contributed by atoms with E-state index < -0.39 is 15.9 Å². The molecule has 0 aliphatic rings. The molecule has 0 spiro atoms. The number of nitrogens with one attached hydrogen (secondary N) is 1. The molecule has 1 amide bonds. The monoisotopic (exact) mass is 469 g/mol. The van der Waals surface area contributed by atoms with E-state index in [0.29, 0.717) is 16.5 Å². The Kier molecular flexibility index (Phi) is 6.50. The molecule has 0 fully saturated rings. The van der Waals surface area contributed by atoms with Crippen LogP contribution in [0.5, 0.6) is 0 Å². The first-order valence-corrected chi connectivity index (χ1v) is 11.6. The summed E-state index contributed by atoms with van der Waals surface area (Å²) in [6.07, 6.45) is 1.80. The Labute approximate surface area is 190 Å². The predicted molar refractivity (Wildman–Crippen MR) is 120 cm³/mol. The van der Waals surface area contributed by atoms with Crippen molar-refractivity contribution in [2.45, 2.75) is 18.0 Å². The standard InChI is InChI=1S/C22H20ClN5O3S/c23-18-9-11-19(12-10-18)32(30,31)27(15-17-6-2-1-3-7-17)16-22(29)24-14-21-26-25-20-8-4-5-13-28(20)21/h1-13H,14-16H2,(H,24,29). The number of fused-ring (bicyclic) bond motifs is 1. The van der Waals surface area contributed by atoms with Crippen LogP contribution in [0.4, 0.5) is 0 Å². The van der Waals surface area contributed by atoms with Crippen molar-refractivity contribution in [2.24, 2.45) is 0 Å². The maximum Gasteiger partial charge on any atom is 0.243 e. The second kappa shape index (κ2) is 9.47. The molecule has 0 saturated heterocycles. The Morgan fingerprint density at radius 1 is 0.969 bits per heavy atom. The molecule has 8 nitrogen and oxygen atoms in total. The van der Waals surface area contributed by atoms with E-state index in [1.165, 1.54) is 24.3 Å². The molecule has 2 aromatic heterocycles. The lowest BCUT2D eigenvalue weighted by Crippen LogP contribution is -2.40. The highest BCUT2D eigenvalue weighted by molar-refractivity contribution is 7.89. The van der Waals surface area contributed by atoms with Crippen molar-refractivity contribution in [3.05, 3.63) is 95.4 Å². The summed E-state index contributed by atoms with van der Waals surface area (Å²) < 4.78 is 29.4. The Morgan fingerprint density at radius 2 is 1.69 bits per heavy atom. The summed E-state index contributed by atoms with van der Waals surface area (Å²) in [5.41, 5.74) is 1.43. The van der Waals surface area contributed by atoms with Crippen molar-refractivity contribution in [2.75, 3.05) is 6.54 Å². The van der Waals surface area contributed by atoms with Gasteiger partial charge >= 0.3 is 0 Å². The molecule has 4 aromatic rings. The Balaban J connectivity index is 1.52. The molecule has 0 unspecified atom stereocenters. The van der Waals surface area contributed by atoms with Crippen LogP contribution >= 0.6 is 11.6 Å². The van der Waals surface area contributed by atoms with Crippen molar-refractivity contribution in [1.29, 1.82) is 0 Å². The highest BCUT2D eigenvalue weighted by Crippen LogP contribution is 2.20. The van der Waals surface area contributed by atoms with Crippen molar-refractivity contribution in [3.63, 3.8) is 0 Å². The average Bonchev–Trinajstić information content (AvgIpc) is 3.21. The van der Waals surface area contributed by atoms with Gasteiger partial charge in [0.25, 0.3) is 0 Å². The van der Waals surface area contributed by atoms with Gasteiger partial charge < -0.3 is 5.32 Å². The van der Waals surface area contributed by atoms with E-state index in [-0.39, 0.29) is 24.5 Å². The number of aromatic nitrogens is 3. The summed E-state index contributed by atoms with van der Waals surface area (Å²) in [5, 5.41) is 11.3. The van der Waals surface area contributed by atoms with Gasteiger partial charge in [-0.05, 0) is 42.0 Å². The van der Waals surface area contributed by atoms with Crippen molar-refractivity contribution in [3.8, 4) is 0 Å². The van der Waals surface area contributed by atoms with Crippen molar-refractivity contribution in [1.82, 2.24) is 24.2 Å². The number of nitrogens with zero attached hydrogens (tertiary/aromatic N) is 4. The van der Waals surface area contributed by atoms with Gasteiger partial charge in [-0.1, -0.05) is 48.0 Å². The lowest BCUT2D eigenvalue weighted by atomic mass is 10.2. The molecule has 0 saturated carbocycles. The highest BCUT2D eigenvalue weighted by atomic mass is 35.5. The van der Waals surface area contributed by atoms with E-state index in [4.69, 9.17) is 11.6 Å². The van der Waals surface area contributed by atoms with E-state index in [9.17, 15) is 13.2 Å². The first kappa shape index (κ1) is 21.9. The van der Waals surface area contributed by atoms with Crippen molar-refractivity contribution < 1.29 is 13.2 Å². The fraction of sp³-hybridized carbons (Fsp3) is 0.136. The third-order valence-corrected chi connectivity index (χ3v) is 6.86. The molecule has 2 heterocycles. The van der Waals surface area contributed by atoms with Crippen molar-refractivity contribution >= 4 is 33.2 Å². The number of sulfonamides is 1. The van der Waals surface area contributed by atoms with Crippen LogP contribution in [0, 0.1) is 0 Å². The predicted octanol–water partition coefficient (Wildman–Crippen LogP) is 2.89. The molecule has 4 rings (SSSR count). The summed E-state index contributed by atoms with van der Waals surface area (Å²) >= 11 is 5.90. The van der Waals surface area contributed by atoms with Gasteiger partial charge in [-0.15, -0.1) is 10.2 Å². The summed E-state index contributed by atoms with van der Waals surface area (Å²) in [6.45, 7) is -0.187. The molecule has 1 N–H and O–H groups in total. The number of amides is 1. The van der Waals surface area contributed by atoms with E-state index >= 15 is 0 Å². The van der Waals surface area contributed by atoms with Gasteiger partial charge in [0.1, 0.15) is 0 Å². The second-order valence-corrected chi connectivity index (χ2v) is 9.41. The number of carbonyl (C=O) groups excluding carboxylic acids is 1. The lowest BCUT2D eigenvalue weighted by Gasteiger charge is -2.22. The number of halogens is 1. The van der Waals surface area contributed by atoms with Crippen LogP contribution in [0.15, 0.2) is 83.9 Å². The molecular weight excluding hydrogens is 450 g/mol. The highest BCUT2D eigenvalue weighted by Gasteiger charge is 2.27. The van der Waals surface area contributed by atoms with E-state index in [2.05, 4.69) is 15.5 Å². The van der Waals surface area contributed by atoms with Crippen LogP contribution in [-0.2, 0) is 27.9 Å². The van der Waals surface area contributed by atoms with Crippen LogP contribution in [0.2, 0.25) is 5.02 Å². The first-order valence-electron chi connectivity index (χ1n) is 9.78. The third-order valence-electron chi connectivity index (χ3n) is 4.80. The smallest absolute Gasteiger partial charge is 0.243 e. The maximum absolute atomic E-state index is 13.3. The van der Waals surface area contributed by atoms with Gasteiger partial charge in [0.05, 0.1) is 18.0 Å². The average molecular weight is 470 g/mol. The van der Waals surface area contributed by atoms with Gasteiger partial charge in [-0.2, -0.15) is 4.31 Å². The van der Waals surface area contributed by atoms with E-state index in [1.807, 2.05) is 42.5 Å². The van der Waals surface area contributed by atoms with Crippen LogP contribution in [0.3, 0.4) is 0 Å². The number of carbonyl (C=O) groups is 1. The number of benzene rings is 2. The van der Waals surface area contributed by atoms with Gasteiger partial charge in [0.15, 0.2) is 11.5 Å². The molecule has 32 heavy (non-hydrogen) atoms. The van der Waals surface area contributed by atoms with Gasteiger partial charge in [0.2, 0.25) is 15.9 Å². The molecule has 0 aliphatic carbocycles. The Morgan fingerprint density at radius 3 is 2.44 bits per heavy atom. The summed E-state index contributed by atoms with van der Waals surface area (Å²) in [6, 6.07) is 20.4. The zero-order valence-electron chi connectivity index (χ0n) is 16.9. The molecular formula is C22H20ClN5O3S. The fourth-order valence-corrected chi connectivity index (χ4v) is 4.68. The molecule has 0 bridgehead atoms.